The van der Waals surface area contributed by atoms with Crippen molar-refractivity contribution in [1.82, 2.24) is 10.0 Å². The van der Waals surface area contributed by atoms with Crippen LogP contribution in [0.25, 0.3) is 0 Å². The summed E-state index contributed by atoms with van der Waals surface area (Å²) in [7, 11) is -3.80. The van der Waals surface area contributed by atoms with Crippen LogP contribution < -0.4 is 15.4 Å². The van der Waals surface area contributed by atoms with Gasteiger partial charge in [0.2, 0.25) is 15.9 Å². The zero-order valence-corrected chi connectivity index (χ0v) is 21.3. The molecule has 0 spiro atoms. The summed E-state index contributed by atoms with van der Waals surface area (Å²) in [5, 5.41) is 5.39. The molecule has 2 amide bonds. The lowest BCUT2D eigenvalue weighted by atomic mass is 9.50. The Bertz CT molecular complexity index is 1430. The Hall–Kier alpha value is -3.27. The van der Waals surface area contributed by atoms with Crippen molar-refractivity contribution in [3.63, 3.8) is 0 Å². The van der Waals surface area contributed by atoms with Crippen molar-refractivity contribution in [3.8, 4) is 0 Å². The monoisotopic (exact) mass is 541 g/mol. The Morgan fingerprint density at radius 1 is 1.00 bits per heavy atom. The molecule has 0 aliphatic heterocycles. The fraction of sp³-hybridized carbons (Fsp3) is 0.259. The molecule has 192 valence electrons. The van der Waals surface area contributed by atoms with Crippen LogP contribution in [0.15, 0.2) is 77.7 Å². The van der Waals surface area contributed by atoms with Crippen molar-refractivity contribution in [2.45, 2.75) is 42.2 Å². The molecule has 6 rings (SSSR count). The summed E-state index contributed by atoms with van der Waals surface area (Å²) in [4.78, 5) is 25.9. The van der Waals surface area contributed by atoms with Crippen LogP contribution in [0.1, 0.15) is 35.2 Å². The maximum absolute atomic E-state index is 13.3. The second kappa shape index (κ2) is 9.89. The average molecular weight is 542 g/mol. The Kier molecular flexibility index (Phi) is 6.78. The number of hydrogen-bond donors (Lipinski definition) is 3. The molecule has 7 nitrogen and oxygen atoms in total. The van der Waals surface area contributed by atoms with E-state index in [0.29, 0.717) is 5.92 Å². The van der Waals surface area contributed by atoms with Crippen LogP contribution in [-0.4, -0.2) is 31.8 Å². The van der Waals surface area contributed by atoms with E-state index in [1.165, 1.54) is 42.5 Å². The van der Waals surface area contributed by atoms with Crippen molar-refractivity contribution in [2.75, 3.05) is 5.32 Å². The molecule has 3 aliphatic rings. The van der Waals surface area contributed by atoms with Gasteiger partial charge in [-0.15, -0.1) is 0 Å². The summed E-state index contributed by atoms with van der Waals surface area (Å²) in [5.74, 6) is -0.909. The molecule has 0 unspecified atom stereocenters. The van der Waals surface area contributed by atoms with Crippen LogP contribution in [0.2, 0.25) is 5.02 Å². The highest BCUT2D eigenvalue weighted by Crippen LogP contribution is 2.57. The molecule has 10 heteroatoms. The van der Waals surface area contributed by atoms with E-state index in [9.17, 15) is 22.4 Å². The number of halogens is 2. The van der Waals surface area contributed by atoms with Crippen molar-refractivity contribution in [1.29, 1.82) is 0 Å². The fourth-order valence-corrected chi connectivity index (χ4v) is 6.85. The largest absolute Gasteiger partial charge is 0.340 e. The third kappa shape index (κ3) is 5.53. The maximum atomic E-state index is 13.3. The van der Waals surface area contributed by atoms with Crippen LogP contribution in [0.4, 0.5) is 10.1 Å². The maximum Gasteiger partial charge on any atom is 0.251 e. The third-order valence-corrected chi connectivity index (χ3v) is 8.95. The molecular weight excluding hydrogens is 517 g/mol. The van der Waals surface area contributed by atoms with Gasteiger partial charge in [0.25, 0.3) is 5.91 Å². The third-order valence-electron chi connectivity index (χ3n) is 6.89. The second-order valence-electron chi connectivity index (χ2n) is 9.72. The van der Waals surface area contributed by atoms with Gasteiger partial charge in [0.05, 0.1) is 5.02 Å². The highest BCUT2D eigenvalue weighted by atomic mass is 35.5. The van der Waals surface area contributed by atoms with Crippen LogP contribution in [0.3, 0.4) is 0 Å². The minimum atomic E-state index is -3.80. The molecule has 3 N–H and O–H groups in total. The normalized spacial score (nSPS) is 20.8. The number of hydrogen-bond acceptors (Lipinski definition) is 4. The lowest BCUT2D eigenvalue weighted by molar-refractivity contribution is -0.118. The van der Waals surface area contributed by atoms with Gasteiger partial charge in [-0.1, -0.05) is 41.9 Å². The minimum Gasteiger partial charge on any atom is -0.340 e. The molecule has 0 aromatic heterocycles. The lowest BCUT2D eigenvalue weighted by Crippen LogP contribution is -2.67. The first-order valence-corrected chi connectivity index (χ1v) is 13.7. The highest BCUT2D eigenvalue weighted by molar-refractivity contribution is 7.89. The first-order valence-electron chi connectivity index (χ1n) is 11.9. The van der Waals surface area contributed by atoms with E-state index in [-0.39, 0.29) is 33.1 Å². The van der Waals surface area contributed by atoms with Crippen molar-refractivity contribution in [2.24, 2.45) is 5.92 Å². The van der Waals surface area contributed by atoms with Crippen molar-refractivity contribution >= 4 is 39.1 Å². The van der Waals surface area contributed by atoms with Gasteiger partial charge in [-0.05, 0) is 73.2 Å². The molecule has 3 fully saturated rings. The molecule has 2 bridgehead atoms. The van der Waals surface area contributed by atoms with Gasteiger partial charge in [0.1, 0.15) is 16.8 Å². The van der Waals surface area contributed by atoms with Crippen LogP contribution in [0, 0.1) is 11.7 Å². The standard InChI is InChI=1S/C27H25ClFN3O4S/c28-22-13-21(10-11-24(22)37(35,36)32-27-14-18(15-27)16-27)30-26(34)23(12-17-4-2-1-3-5-17)31-25(33)19-6-8-20(29)9-7-19/h1-11,13,18,23,32H,12,14-16H2,(H,30,34)(H,31,33)/t18?,23-,27?/m0/s1. The van der Waals surface area contributed by atoms with Gasteiger partial charge < -0.3 is 10.6 Å². The fourth-order valence-electron chi connectivity index (χ4n) is 4.87. The molecule has 3 saturated carbocycles. The smallest absolute Gasteiger partial charge is 0.251 e. The predicted molar refractivity (Wildman–Crippen MR) is 138 cm³/mol. The summed E-state index contributed by atoms with van der Waals surface area (Å²) < 4.78 is 41.7. The predicted octanol–water partition coefficient (Wildman–Crippen LogP) is 4.29. The molecule has 0 radical (unpaired) electrons. The van der Waals surface area contributed by atoms with E-state index in [0.717, 1.165) is 24.8 Å². The minimum absolute atomic E-state index is 0.0214. The SMILES string of the molecule is O=C(N[C@@H](Cc1ccccc1)C(=O)Nc1ccc(S(=O)(=O)NC23CC(C2)C3)c(Cl)c1)c1ccc(F)cc1. The van der Waals surface area contributed by atoms with Crippen LogP contribution in [-0.2, 0) is 21.2 Å². The van der Waals surface area contributed by atoms with E-state index in [4.69, 9.17) is 11.6 Å². The summed E-state index contributed by atoms with van der Waals surface area (Å²) >= 11 is 6.32. The van der Waals surface area contributed by atoms with Crippen molar-refractivity contribution in [3.05, 3.63) is 94.8 Å². The van der Waals surface area contributed by atoms with Gasteiger partial charge in [-0.2, -0.15) is 0 Å². The second-order valence-corrected chi connectivity index (χ2v) is 11.8. The lowest BCUT2D eigenvalue weighted by Gasteiger charge is -2.61. The summed E-state index contributed by atoms with van der Waals surface area (Å²) in [5.41, 5.74) is 0.975. The molecule has 0 heterocycles. The number of amides is 2. The van der Waals surface area contributed by atoms with Gasteiger partial charge in [0, 0.05) is 23.2 Å². The Labute approximate surface area is 219 Å². The number of nitrogens with one attached hydrogen (secondary N) is 3. The van der Waals surface area contributed by atoms with Crippen LogP contribution in [0.5, 0.6) is 0 Å². The van der Waals surface area contributed by atoms with E-state index in [1.807, 2.05) is 30.3 Å². The van der Waals surface area contributed by atoms with Gasteiger partial charge >= 0.3 is 0 Å². The quantitative estimate of drug-likeness (QED) is 0.376. The van der Waals surface area contributed by atoms with Crippen molar-refractivity contribution < 1.29 is 22.4 Å². The topological polar surface area (TPSA) is 104 Å². The number of benzene rings is 3. The van der Waals surface area contributed by atoms with E-state index in [2.05, 4.69) is 15.4 Å². The summed E-state index contributed by atoms with van der Waals surface area (Å²) in [6, 6.07) is 17.4. The van der Waals surface area contributed by atoms with Crippen LogP contribution >= 0.6 is 11.6 Å². The first-order chi connectivity index (χ1) is 17.6. The molecule has 3 aliphatic carbocycles. The first kappa shape index (κ1) is 25.4. The number of carbonyl (C=O) groups excluding carboxylic acids is 2. The van der Waals surface area contributed by atoms with Gasteiger partial charge in [-0.25, -0.2) is 17.5 Å². The van der Waals surface area contributed by atoms with E-state index >= 15 is 0 Å². The zero-order chi connectivity index (χ0) is 26.2. The Morgan fingerprint density at radius 2 is 1.68 bits per heavy atom. The molecule has 0 saturated heterocycles. The average Bonchev–Trinajstić information content (AvgIpc) is 2.81. The summed E-state index contributed by atoms with van der Waals surface area (Å²) in [6.45, 7) is 0. The molecule has 37 heavy (non-hydrogen) atoms. The number of anilines is 1. The summed E-state index contributed by atoms with van der Waals surface area (Å²) in [6.07, 6.45) is 2.76. The molecule has 1 atom stereocenters. The van der Waals surface area contributed by atoms with E-state index < -0.39 is 33.7 Å². The zero-order valence-electron chi connectivity index (χ0n) is 19.7. The molecular formula is C27H25ClFN3O4S. The number of sulfonamides is 1. The van der Waals surface area contributed by atoms with Gasteiger partial charge in [0.15, 0.2) is 0 Å². The van der Waals surface area contributed by atoms with Gasteiger partial charge in [-0.3, -0.25) is 9.59 Å². The Balaban J connectivity index is 1.31. The molecule has 3 aromatic carbocycles. The Morgan fingerprint density at radius 3 is 2.27 bits per heavy atom. The number of rotatable bonds is 9. The highest BCUT2D eigenvalue weighted by Gasteiger charge is 2.58. The molecule has 3 aromatic rings. The van der Waals surface area contributed by atoms with E-state index in [1.54, 1.807) is 0 Å². The number of carbonyl (C=O) groups is 2.